The summed E-state index contributed by atoms with van der Waals surface area (Å²) in [4.78, 5) is 0. The first-order valence-corrected chi connectivity index (χ1v) is 7.02. The fraction of sp³-hybridized carbons (Fsp3) is 0.0909. The Morgan fingerprint density at radius 3 is 2.81 bits per heavy atom. The second-order valence-electron chi connectivity index (χ2n) is 3.29. The van der Waals surface area contributed by atoms with E-state index in [-0.39, 0.29) is 0 Å². The van der Waals surface area contributed by atoms with Crippen LogP contribution in [-0.2, 0) is 5.88 Å². The van der Waals surface area contributed by atoms with E-state index in [0.29, 0.717) is 5.88 Å². The fourth-order valence-corrected chi connectivity index (χ4v) is 3.69. The SMILES string of the molecule is ClCc1n[n+]2c(-c3ccccc3)csc2s1. The van der Waals surface area contributed by atoms with Gasteiger partial charge in [0, 0.05) is 5.10 Å². The summed E-state index contributed by atoms with van der Waals surface area (Å²) in [6, 6.07) is 10.3. The van der Waals surface area contributed by atoms with Crippen molar-refractivity contribution in [2.24, 2.45) is 0 Å². The minimum atomic E-state index is 0.479. The number of aromatic nitrogens is 2. The van der Waals surface area contributed by atoms with Crippen LogP contribution >= 0.6 is 34.3 Å². The maximum atomic E-state index is 5.79. The van der Waals surface area contributed by atoms with Crippen LogP contribution in [-0.4, -0.2) is 5.10 Å². The van der Waals surface area contributed by atoms with Crippen LogP contribution in [0.3, 0.4) is 0 Å². The lowest BCUT2D eigenvalue weighted by Gasteiger charge is -1.88. The van der Waals surface area contributed by atoms with Crippen LogP contribution in [0.1, 0.15) is 5.01 Å². The third-order valence-electron chi connectivity index (χ3n) is 2.27. The fourth-order valence-electron chi connectivity index (χ4n) is 1.55. The third kappa shape index (κ3) is 1.63. The van der Waals surface area contributed by atoms with Crippen LogP contribution < -0.4 is 4.52 Å². The molecule has 3 aromatic rings. The van der Waals surface area contributed by atoms with Gasteiger partial charge in [-0.3, -0.25) is 0 Å². The van der Waals surface area contributed by atoms with E-state index in [0.717, 1.165) is 10.7 Å². The predicted octanol–water partition coefficient (Wildman–Crippen LogP) is 3.35. The van der Waals surface area contributed by atoms with Gasteiger partial charge in [0.25, 0.3) is 5.69 Å². The van der Waals surface area contributed by atoms with Crippen LogP contribution in [0.15, 0.2) is 35.7 Å². The summed E-state index contributed by atoms with van der Waals surface area (Å²) in [6.45, 7) is 0. The van der Waals surface area contributed by atoms with Gasteiger partial charge in [0.2, 0.25) is 0 Å². The van der Waals surface area contributed by atoms with Crippen LogP contribution in [0, 0.1) is 0 Å². The molecule has 0 aliphatic rings. The topological polar surface area (TPSA) is 17.0 Å². The summed E-state index contributed by atoms with van der Waals surface area (Å²) in [6.07, 6.45) is 0. The molecule has 0 saturated heterocycles. The first-order valence-electron chi connectivity index (χ1n) is 4.79. The number of halogens is 1. The zero-order chi connectivity index (χ0) is 11.0. The van der Waals surface area contributed by atoms with E-state index in [4.69, 9.17) is 11.6 Å². The molecule has 2 aromatic heterocycles. The number of hydrogen-bond acceptors (Lipinski definition) is 3. The molecule has 0 fully saturated rings. The molecule has 0 atom stereocenters. The largest absolute Gasteiger partial charge is 0.353 e. The molecule has 0 aliphatic carbocycles. The Kier molecular flexibility index (Phi) is 2.63. The van der Waals surface area contributed by atoms with Crippen molar-refractivity contribution in [3.05, 3.63) is 40.7 Å². The molecule has 0 radical (unpaired) electrons. The second-order valence-corrected chi connectivity index (χ2v) is 5.74. The molecule has 16 heavy (non-hydrogen) atoms. The highest BCUT2D eigenvalue weighted by Crippen LogP contribution is 2.24. The summed E-state index contributed by atoms with van der Waals surface area (Å²) in [7, 11) is 0. The van der Waals surface area contributed by atoms with E-state index in [1.807, 2.05) is 22.7 Å². The van der Waals surface area contributed by atoms with Gasteiger partial charge in [-0.25, -0.2) is 0 Å². The maximum Gasteiger partial charge on any atom is 0.353 e. The van der Waals surface area contributed by atoms with Crippen molar-refractivity contribution in [3.63, 3.8) is 0 Å². The minimum Gasteiger partial charge on any atom is -0.119 e. The number of nitrogens with zero attached hydrogens (tertiary/aromatic N) is 2. The van der Waals surface area contributed by atoms with Gasteiger partial charge in [0.1, 0.15) is 0 Å². The Morgan fingerprint density at radius 1 is 1.25 bits per heavy atom. The summed E-state index contributed by atoms with van der Waals surface area (Å²) >= 11 is 9.15. The van der Waals surface area contributed by atoms with Crippen molar-refractivity contribution >= 4 is 38.4 Å². The van der Waals surface area contributed by atoms with Gasteiger partial charge >= 0.3 is 4.14 Å². The molecule has 0 spiro atoms. The van der Waals surface area contributed by atoms with Gasteiger partial charge in [-0.1, -0.05) is 29.5 Å². The first kappa shape index (κ1) is 10.2. The molecule has 1 aromatic carbocycles. The van der Waals surface area contributed by atoms with Crippen molar-refractivity contribution in [2.45, 2.75) is 5.88 Å². The lowest BCUT2D eigenvalue weighted by molar-refractivity contribution is -0.560. The number of fused-ring (bicyclic) bond motifs is 1. The zero-order valence-electron chi connectivity index (χ0n) is 8.26. The zero-order valence-corrected chi connectivity index (χ0v) is 10.6. The number of benzene rings is 1. The first-order chi connectivity index (χ1) is 7.88. The van der Waals surface area contributed by atoms with Crippen LogP contribution in [0.2, 0.25) is 0 Å². The van der Waals surface area contributed by atoms with E-state index < -0.39 is 0 Å². The van der Waals surface area contributed by atoms with Crippen molar-refractivity contribution in [2.75, 3.05) is 0 Å². The molecule has 2 nitrogen and oxygen atoms in total. The maximum absolute atomic E-state index is 5.79. The molecule has 3 rings (SSSR count). The van der Waals surface area contributed by atoms with Crippen LogP contribution in [0.25, 0.3) is 15.4 Å². The van der Waals surface area contributed by atoms with Crippen molar-refractivity contribution in [1.29, 1.82) is 0 Å². The molecule has 80 valence electrons. The molecule has 0 bridgehead atoms. The van der Waals surface area contributed by atoms with Gasteiger partial charge in [-0.15, -0.1) is 11.6 Å². The summed E-state index contributed by atoms with van der Waals surface area (Å²) in [5.41, 5.74) is 2.32. The Morgan fingerprint density at radius 2 is 2.06 bits per heavy atom. The average Bonchev–Trinajstić information content (AvgIpc) is 2.88. The number of alkyl halides is 1. The second kappa shape index (κ2) is 4.13. The molecule has 5 heteroatoms. The van der Waals surface area contributed by atoms with Gasteiger partial charge in [0.15, 0.2) is 5.01 Å². The van der Waals surface area contributed by atoms with Crippen molar-refractivity contribution < 1.29 is 4.52 Å². The Hall–Kier alpha value is -0.970. The highest BCUT2D eigenvalue weighted by atomic mass is 35.5. The Balaban J connectivity index is 2.20. The highest BCUT2D eigenvalue weighted by Gasteiger charge is 2.21. The van der Waals surface area contributed by atoms with E-state index in [9.17, 15) is 0 Å². The Labute approximate surface area is 106 Å². The third-order valence-corrected chi connectivity index (χ3v) is 4.75. The van der Waals surface area contributed by atoms with Gasteiger partial charge in [-0.2, -0.15) is 0 Å². The van der Waals surface area contributed by atoms with Gasteiger partial charge < -0.3 is 0 Å². The minimum absolute atomic E-state index is 0.479. The van der Waals surface area contributed by atoms with Crippen molar-refractivity contribution in [3.8, 4) is 11.3 Å². The normalized spacial score (nSPS) is 11.1. The Bertz CT molecular complexity index is 615. The molecule has 2 heterocycles. The molecule has 0 unspecified atom stereocenters. The van der Waals surface area contributed by atoms with E-state index >= 15 is 0 Å². The number of hydrogen-bond donors (Lipinski definition) is 0. The summed E-state index contributed by atoms with van der Waals surface area (Å²) in [5, 5.41) is 7.58. The highest BCUT2D eigenvalue weighted by molar-refractivity contribution is 7.34. The summed E-state index contributed by atoms with van der Waals surface area (Å²) in [5.74, 6) is 0.479. The smallest absolute Gasteiger partial charge is 0.119 e. The number of thiazole rings is 1. The molecule has 0 aliphatic heterocycles. The lowest BCUT2D eigenvalue weighted by Crippen LogP contribution is -2.23. The van der Waals surface area contributed by atoms with Gasteiger partial charge in [-0.05, 0) is 28.0 Å². The average molecular weight is 268 g/mol. The van der Waals surface area contributed by atoms with Crippen molar-refractivity contribution in [1.82, 2.24) is 5.10 Å². The molecular formula is C11H8ClN2S2+. The predicted molar refractivity (Wildman–Crippen MR) is 68.1 cm³/mol. The summed E-state index contributed by atoms with van der Waals surface area (Å²) < 4.78 is 3.15. The monoisotopic (exact) mass is 267 g/mol. The van der Waals surface area contributed by atoms with E-state index in [1.54, 1.807) is 22.7 Å². The quantitative estimate of drug-likeness (QED) is 0.514. The molecular weight excluding hydrogens is 260 g/mol. The standard InChI is InChI=1S/C11H8ClN2S2/c12-6-10-13-14-9(7-15-11(14)16-10)8-4-2-1-3-5-8/h1-5,7H,6H2/q+1. The van der Waals surface area contributed by atoms with Gasteiger partial charge in [0.05, 0.1) is 16.8 Å². The van der Waals surface area contributed by atoms with Crippen LogP contribution in [0.4, 0.5) is 0 Å². The van der Waals surface area contributed by atoms with E-state index in [2.05, 4.69) is 22.6 Å². The molecule has 0 amide bonds. The lowest BCUT2D eigenvalue weighted by atomic mass is 10.2. The molecule has 0 N–H and O–H groups in total. The molecule has 0 saturated carbocycles. The van der Waals surface area contributed by atoms with E-state index in [1.165, 1.54) is 9.71 Å². The number of rotatable bonds is 2. The van der Waals surface area contributed by atoms with Crippen LogP contribution in [0.5, 0.6) is 0 Å².